The number of aryl methyl sites for hydroxylation is 1. The van der Waals surface area contributed by atoms with E-state index in [1.807, 2.05) is 45.2 Å². The average molecular weight is 359 g/mol. The molecule has 25 heavy (non-hydrogen) atoms. The third kappa shape index (κ3) is 4.42. The number of aromatic nitrogens is 3. The van der Waals surface area contributed by atoms with E-state index < -0.39 is 0 Å². The second-order valence-corrected chi connectivity index (χ2v) is 8.16. The number of carbonyl (C=O) groups excluding carboxylic acids is 1. The van der Waals surface area contributed by atoms with Gasteiger partial charge in [-0.15, -0.1) is 10.2 Å². The summed E-state index contributed by atoms with van der Waals surface area (Å²) in [7, 11) is 2.01. The molecule has 1 aromatic heterocycles. The maximum Gasteiger partial charge on any atom is 0.237 e. The standard InChI is InChI=1S/C19H26N4OS/c1-13-9-11-16(12-10-13)20-18(24)14(2)25-19-22-21-17(23(19)3)15-7-5-4-6-8-15/h9-12,14-15H,4-8H2,1-3H3,(H,20,24)/t14-/m0/s1. The van der Waals surface area contributed by atoms with E-state index in [1.54, 1.807) is 0 Å². The van der Waals surface area contributed by atoms with E-state index in [9.17, 15) is 4.79 Å². The summed E-state index contributed by atoms with van der Waals surface area (Å²) in [5, 5.41) is 12.3. The van der Waals surface area contributed by atoms with Gasteiger partial charge in [-0.25, -0.2) is 0 Å². The fraction of sp³-hybridized carbons (Fsp3) is 0.526. The van der Waals surface area contributed by atoms with Gasteiger partial charge in [0.2, 0.25) is 5.91 Å². The maximum absolute atomic E-state index is 12.4. The predicted molar refractivity (Wildman–Crippen MR) is 102 cm³/mol. The lowest BCUT2D eigenvalue weighted by Gasteiger charge is -2.20. The van der Waals surface area contributed by atoms with Crippen LogP contribution >= 0.6 is 11.8 Å². The number of benzene rings is 1. The number of rotatable bonds is 5. The molecular weight excluding hydrogens is 332 g/mol. The van der Waals surface area contributed by atoms with E-state index in [2.05, 4.69) is 20.1 Å². The van der Waals surface area contributed by atoms with Crippen molar-refractivity contribution in [3.8, 4) is 0 Å². The van der Waals surface area contributed by atoms with Gasteiger partial charge in [-0.1, -0.05) is 48.7 Å². The molecule has 0 saturated heterocycles. The van der Waals surface area contributed by atoms with Gasteiger partial charge in [0, 0.05) is 18.7 Å². The Balaban J connectivity index is 1.62. The van der Waals surface area contributed by atoms with Gasteiger partial charge in [0.1, 0.15) is 5.82 Å². The molecule has 0 unspecified atom stereocenters. The van der Waals surface area contributed by atoms with Crippen molar-refractivity contribution in [2.75, 3.05) is 5.32 Å². The molecule has 0 aliphatic heterocycles. The van der Waals surface area contributed by atoms with Crippen molar-refractivity contribution in [1.29, 1.82) is 0 Å². The first-order valence-electron chi connectivity index (χ1n) is 8.98. The summed E-state index contributed by atoms with van der Waals surface area (Å²) < 4.78 is 2.07. The molecule has 0 bridgehead atoms. The monoisotopic (exact) mass is 358 g/mol. The molecule has 0 spiro atoms. The fourth-order valence-corrected chi connectivity index (χ4v) is 4.06. The molecule has 6 heteroatoms. The largest absolute Gasteiger partial charge is 0.325 e. The Morgan fingerprint density at radius 3 is 2.56 bits per heavy atom. The Hall–Kier alpha value is -1.82. The zero-order valence-corrected chi connectivity index (χ0v) is 16.0. The highest BCUT2D eigenvalue weighted by molar-refractivity contribution is 8.00. The van der Waals surface area contributed by atoms with Crippen molar-refractivity contribution in [3.05, 3.63) is 35.7 Å². The molecule has 1 heterocycles. The molecule has 5 nitrogen and oxygen atoms in total. The van der Waals surface area contributed by atoms with Gasteiger partial charge in [0.15, 0.2) is 5.16 Å². The van der Waals surface area contributed by atoms with Crippen molar-refractivity contribution in [1.82, 2.24) is 14.8 Å². The van der Waals surface area contributed by atoms with Crippen LogP contribution in [0.2, 0.25) is 0 Å². The molecule has 1 saturated carbocycles. The first-order chi connectivity index (χ1) is 12.0. The molecule has 1 aliphatic rings. The van der Waals surface area contributed by atoms with Gasteiger partial charge in [0.05, 0.1) is 5.25 Å². The highest BCUT2D eigenvalue weighted by Crippen LogP contribution is 2.33. The summed E-state index contributed by atoms with van der Waals surface area (Å²) in [6.45, 7) is 3.94. The van der Waals surface area contributed by atoms with Crippen molar-refractivity contribution < 1.29 is 4.79 Å². The highest BCUT2D eigenvalue weighted by Gasteiger charge is 2.24. The Morgan fingerprint density at radius 1 is 1.20 bits per heavy atom. The Kier molecular flexibility index (Phi) is 5.78. The SMILES string of the molecule is Cc1ccc(NC(=O)[C@H](C)Sc2nnc(C3CCCCC3)n2C)cc1. The first kappa shape index (κ1) is 18.0. The average Bonchev–Trinajstić information content (AvgIpc) is 2.98. The molecule has 1 fully saturated rings. The summed E-state index contributed by atoms with van der Waals surface area (Å²) in [6, 6.07) is 7.83. The lowest BCUT2D eigenvalue weighted by molar-refractivity contribution is -0.115. The Morgan fingerprint density at radius 2 is 1.88 bits per heavy atom. The van der Waals surface area contributed by atoms with E-state index in [4.69, 9.17) is 0 Å². The quantitative estimate of drug-likeness (QED) is 0.810. The van der Waals surface area contributed by atoms with E-state index in [1.165, 1.54) is 49.4 Å². The minimum Gasteiger partial charge on any atom is -0.325 e. The Bertz CT molecular complexity index is 720. The van der Waals surface area contributed by atoms with Crippen LogP contribution in [0.5, 0.6) is 0 Å². The van der Waals surface area contributed by atoms with E-state index in [0.717, 1.165) is 16.7 Å². The second kappa shape index (κ2) is 8.04. The van der Waals surface area contributed by atoms with Crippen LogP contribution < -0.4 is 5.32 Å². The predicted octanol–water partition coefficient (Wildman–Crippen LogP) is 4.29. The van der Waals surface area contributed by atoms with Gasteiger partial charge in [0.25, 0.3) is 0 Å². The summed E-state index contributed by atoms with van der Waals surface area (Å²) in [4.78, 5) is 12.4. The molecular formula is C19H26N4OS. The highest BCUT2D eigenvalue weighted by atomic mass is 32.2. The summed E-state index contributed by atoms with van der Waals surface area (Å²) in [6.07, 6.45) is 6.26. The maximum atomic E-state index is 12.4. The summed E-state index contributed by atoms with van der Waals surface area (Å²) in [5.41, 5.74) is 2.00. The molecule has 1 aromatic carbocycles. The van der Waals surface area contributed by atoms with Crippen LogP contribution in [0.15, 0.2) is 29.4 Å². The number of thioether (sulfide) groups is 1. The van der Waals surface area contributed by atoms with Crippen LogP contribution in [-0.2, 0) is 11.8 Å². The molecule has 134 valence electrons. The van der Waals surface area contributed by atoms with Gasteiger partial charge < -0.3 is 9.88 Å². The fourth-order valence-electron chi connectivity index (χ4n) is 3.24. The molecule has 2 aromatic rings. The van der Waals surface area contributed by atoms with Crippen molar-refractivity contribution in [3.63, 3.8) is 0 Å². The van der Waals surface area contributed by atoms with Crippen LogP contribution in [0, 0.1) is 6.92 Å². The summed E-state index contributed by atoms with van der Waals surface area (Å²) in [5.74, 6) is 1.56. The smallest absolute Gasteiger partial charge is 0.237 e. The van der Waals surface area contributed by atoms with Crippen LogP contribution in [0.25, 0.3) is 0 Å². The van der Waals surface area contributed by atoms with Gasteiger partial charge in [-0.3, -0.25) is 4.79 Å². The topological polar surface area (TPSA) is 59.8 Å². The number of hydrogen-bond acceptors (Lipinski definition) is 4. The molecule has 1 amide bonds. The van der Waals surface area contributed by atoms with Crippen LogP contribution in [0.4, 0.5) is 5.69 Å². The number of nitrogens with zero attached hydrogens (tertiary/aromatic N) is 3. The van der Waals surface area contributed by atoms with E-state index in [0.29, 0.717) is 5.92 Å². The van der Waals surface area contributed by atoms with Gasteiger partial charge in [-0.05, 0) is 38.8 Å². The summed E-state index contributed by atoms with van der Waals surface area (Å²) >= 11 is 1.46. The second-order valence-electron chi connectivity index (χ2n) is 6.85. The van der Waals surface area contributed by atoms with Gasteiger partial charge in [-0.2, -0.15) is 0 Å². The normalized spacial score (nSPS) is 16.6. The van der Waals surface area contributed by atoms with Crippen LogP contribution in [0.1, 0.15) is 56.3 Å². The molecule has 1 N–H and O–H groups in total. The van der Waals surface area contributed by atoms with Crippen LogP contribution in [-0.4, -0.2) is 25.9 Å². The number of amides is 1. The van der Waals surface area contributed by atoms with Crippen molar-refractivity contribution in [2.24, 2.45) is 7.05 Å². The number of carbonyl (C=O) groups is 1. The lowest BCUT2D eigenvalue weighted by Crippen LogP contribution is -2.22. The van der Waals surface area contributed by atoms with E-state index in [-0.39, 0.29) is 11.2 Å². The van der Waals surface area contributed by atoms with Gasteiger partial charge >= 0.3 is 0 Å². The van der Waals surface area contributed by atoms with Crippen molar-refractivity contribution in [2.45, 2.75) is 62.3 Å². The first-order valence-corrected chi connectivity index (χ1v) is 9.86. The molecule has 1 aliphatic carbocycles. The zero-order chi connectivity index (χ0) is 17.8. The molecule has 3 rings (SSSR count). The number of nitrogens with one attached hydrogen (secondary N) is 1. The number of hydrogen-bond donors (Lipinski definition) is 1. The Labute approximate surface area is 153 Å². The van der Waals surface area contributed by atoms with Crippen LogP contribution in [0.3, 0.4) is 0 Å². The minimum absolute atomic E-state index is 0.0175. The third-order valence-electron chi connectivity index (χ3n) is 4.81. The van der Waals surface area contributed by atoms with E-state index >= 15 is 0 Å². The number of anilines is 1. The third-order valence-corrected chi connectivity index (χ3v) is 5.94. The zero-order valence-electron chi connectivity index (χ0n) is 15.2. The minimum atomic E-state index is -0.233. The molecule has 1 atom stereocenters. The lowest BCUT2D eigenvalue weighted by atomic mass is 9.89. The van der Waals surface area contributed by atoms with Crippen molar-refractivity contribution >= 4 is 23.4 Å². The molecule has 0 radical (unpaired) electrons.